The molecular weight excluding hydrogens is 222 g/mol. The lowest BCUT2D eigenvalue weighted by molar-refractivity contribution is -0.137. The number of rotatable bonds is 6. The van der Waals surface area contributed by atoms with E-state index >= 15 is 0 Å². The zero-order chi connectivity index (χ0) is 12.8. The van der Waals surface area contributed by atoms with Crippen LogP contribution in [0.4, 0.5) is 0 Å². The monoisotopic (exact) mass is 251 g/mol. The highest BCUT2D eigenvalue weighted by Gasteiger charge is 2.41. The predicted octanol–water partition coefficient (Wildman–Crippen LogP) is 3.53. The van der Waals surface area contributed by atoms with E-state index in [1.807, 2.05) is 0 Å². The SMILES string of the molecule is CC(C)CNCCC=CC1CCOC2(CCC2)C1. The van der Waals surface area contributed by atoms with E-state index in [1.54, 1.807) is 0 Å². The topological polar surface area (TPSA) is 21.3 Å². The average molecular weight is 251 g/mol. The largest absolute Gasteiger partial charge is 0.375 e. The molecule has 18 heavy (non-hydrogen) atoms. The van der Waals surface area contributed by atoms with Crippen molar-refractivity contribution in [3.8, 4) is 0 Å². The average Bonchev–Trinajstić information content (AvgIpc) is 2.32. The summed E-state index contributed by atoms with van der Waals surface area (Å²) in [6.45, 7) is 7.73. The van der Waals surface area contributed by atoms with E-state index in [4.69, 9.17) is 4.74 Å². The third kappa shape index (κ3) is 4.10. The van der Waals surface area contributed by atoms with Crippen LogP contribution in [-0.4, -0.2) is 25.3 Å². The highest BCUT2D eigenvalue weighted by Crippen LogP contribution is 2.44. The van der Waals surface area contributed by atoms with Crippen LogP contribution in [0.1, 0.15) is 52.4 Å². The summed E-state index contributed by atoms with van der Waals surface area (Å²) in [4.78, 5) is 0. The summed E-state index contributed by atoms with van der Waals surface area (Å²) in [5.74, 6) is 1.52. The van der Waals surface area contributed by atoms with Gasteiger partial charge in [-0.05, 0) is 63.5 Å². The van der Waals surface area contributed by atoms with E-state index in [0.717, 1.165) is 38.0 Å². The van der Waals surface area contributed by atoms with Gasteiger partial charge in [0, 0.05) is 6.61 Å². The van der Waals surface area contributed by atoms with Gasteiger partial charge in [-0.25, -0.2) is 0 Å². The molecule has 0 aromatic carbocycles. The summed E-state index contributed by atoms with van der Waals surface area (Å²) < 4.78 is 5.96. The Labute approximate surface area is 112 Å². The van der Waals surface area contributed by atoms with Crippen molar-refractivity contribution >= 4 is 0 Å². The molecule has 1 unspecified atom stereocenters. The molecule has 1 aliphatic heterocycles. The zero-order valence-corrected chi connectivity index (χ0v) is 12.1. The minimum atomic E-state index is 0.295. The first-order valence-corrected chi connectivity index (χ1v) is 7.71. The van der Waals surface area contributed by atoms with Crippen molar-refractivity contribution in [2.24, 2.45) is 11.8 Å². The fraction of sp³-hybridized carbons (Fsp3) is 0.875. The second kappa shape index (κ2) is 6.72. The first kappa shape index (κ1) is 14.1. The quantitative estimate of drug-likeness (QED) is 0.576. The minimum absolute atomic E-state index is 0.295. The molecular formula is C16H29NO. The molecule has 2 aliphatic rings. The maximum Gasteiger partial charge on any atom is 0.0688 e. The smallest absolute Gasteiger partial charge is 0.0688 e. The van der Waals surface area contributed by atoms with Gasteiger partial charge < -0.3 is 10.1 Å². The van der Waals surface area contributed by atoms with Crippen molar-refractivity contribution in [1.29, 1.82) is 0 Å². The Morgan fingerprint density at radius 1 is 1.39 bits per heavy atom. The van der Waals surface area contributed by atoms with E-state index in [9.17, 15) is 0 Å². The fourth-order valence-corrected chi connectivity index (χ4v) is 3.01. The van der Waals surface area contributed by atoms with Gasteiger partial charge in [-0.2, -0.15) is 0 Å². The molecule has 0 aromatic rings. The van der Waals surface area contributed by atoms with Gasteiger partial charge in [0.15, 0.2) is 0 Å². The highest BCUT2D eigenvalue weighted by atomic mass is 16.5. The summed E-state index contributed by atoms with van der Waals surface area (Å²) in [6.07, 6.45) is 12.4. The molecule has 1 spiro atoms. The third-order valence-electron chi connectivity index (χ3n) is 4.24. The minimum Gasteiger partial charge on any atom is -0.375 e. The van der Waals surface area contributed by atoms with Crippen molar-refractivity contribution in [2.75, 3.05) is 19.7 Å². The van der Waals surface area contributed by atoms with Crippen LogP contribution >= 0.6 is 0 Å². The Hall–Kier alpha value is -0.340. The first-order valence-electron chi connectivity index (χ1n) is 7.71. The van der Waals surface area contributed by atoms with E-state index in [-0.39, 0.29) is 0 Å². The molecule has 0 amide bonds. The summed E-state index contributed by atoms with van der Waals surface area (Å²) >= 11 is 0. The van der Waals surface area contributed by atoms with E-state index in [1.165, 1.54) is 32.1 Å². The van der Waals surface area contributed by atoms with Crippen LogP contribution in [0.2, 0.25) is 0 Å². The fourth-order valence-electron chi connectivity index (χ4n) is 3.01. The van der Waals surface area contributed by atoms with Crippen LogP contribution < -0.4 is 5.32 Å². The molecule has 2 heteroatoms. The van der Waals surface area contributed by atoms with Crippen molar-refractivity contribution in [2.45, 2.75) is 58.0 Å². The van der Waals surface area contributed by atoms with Crippen LogP contribution in [0, 0.1) is 11.8 Å². The van der Waals surface area contributed by atoms with E-state index in [2.05, 4.69) is 31.3 Å². The molecule has 104 valence electrons. The molecule has 1 saturated heterocycles. The highest BCUT2D eigenvalue weighted by molar-refractivity contribution is 5.00. The Morgan fingerprint density at radius 2 is 2.22 bits per heavy atom. The lowest BCUT2D eigenvalue weighted by Gasteiger charge is -2.46. The third-order valence-corrected chi connectivity index (χ3v) is 4.24. The van der Waals surface area contributed by atoms with Gasteiger partial charge in [0.2, 0.25) is 0 Å². The molecule has 1 N–H and O–H groups in total. The molecule has 0 aromatic heterocycles. The first-order chi connectivity index (χ1) is 8.70. The second-order valence-corrected chi connectivity index (χ2v) is 6.45. The van der Waals surface area contributed by atoms with Crippen LogP contribution in [0.15, 0.2) is 12.2 Å². The Morgan fingerprint density at radius 3 is 2.89 bits per heavy atom. The van der Waals surface area contributed by atoms with Gasteiger partial charge in [-0.1, -0.05) is 26.0 Å². The molecule has 1 atom stereocenters. The lowest BCUT2D eigenvalue weighted by Crippen LogP contribution is -2.45. The van der Waals surface area contributed by atoms with Gasteiger partial charge >= 0.3 is 0 Å². The number of allylic oxidation sites excluding steroid dienone is 1. The van der Waals surface area contributed by atoms with Crippen molar-refractivity contribution in [1.82, 2.24) is 5.32 Å². The predicted molar refractivity (Wildman–Crippen MR) is 76.7 cm³/mol. The number of ether oxygens (including phenoxy) is 1. The molecule has 2 fully saturated rings. The molecule has 1 heterocycles. The van der Waals surface area contributed by atoms with E-state index in [0.29, 0.717) is 5.60 Å². The molecule has 0 radical (unpaired) electrons. The van der Waals surface area contributed by atoms with Crippen LogP contribution in [0.25, 0.3) is 0 Å². The van der Waals surface area contributed by atoms with Gasteiger partial charge in [0.1, 0.15) is 0 Å². The van der Waals surface area contributed by atoms with Gasteiger partial charge in [-0.15, -0.1) is 0 Å². The van der Waals surface area contributed by atoms with Gasteiger partial charge in [0.05, 0.1) is 5.60 Å². The normalized spacial score (nSPS) is 26.9. The standard InChI is InChI=1S/C16H29NO/c1-14(2)13-17-10-4-3-6-15-7-11-18-16(12-15)8-5-9-16/h3,6,14-15,17H,4-5,7-13H2,1-2H3. The Bertz CT molecular complexity index is 268. The number of nitrogens with one attached hydrogen (secondary N) is 1. The molecule has 2 nitrogen and oxygen atoms in total. The summed E-state index contributed by atoms with van der Waals surface area (Å²) in [5.41, 5.74) is 0.295. The maximum atomic E-state index is 5.96. The van der Waals surface area contributed by atoms with Crippen molar-refractivity contribution < 1.29 is 4.74 Å². The van der Waals surface area contributed by atoms with Crippen LogP contribution in [0.3, 0.4) is 0 Å². The second-order valence-electron chi connectivity index (χ2n) is 6.45. The lowest BCUT2D eigenvalue weighted by atomic mass is 9.72. The summed E-state index contributed by atoms with van der Waals surface area (Å²) in [7, 11) is 0. The van der Waals surface area contributed by atoms with Crippen molar-refractivity contribution in [3.63, 3.8) is 0 Å². The van der Waals surface area contributed by atoms with Gasteiger partial charge in [-0.3, -0.25) is 0 Å². The molecule has 2 rings (SSSR count). The molecule has 1 saturated carbocycles. The maximum absolute atomic E-state index is 5.96. The van der Waals surface area contributed by atoms with Gasteiger partial charge in [0.25, 0.3) is 0 Å². The van der Waals surface area contributed by atoms with Crippen LogP contribution in [-0.2, 0) is 4.74 Å². The molecule has 1 aliphatic carbocycles. The Kier molecular flexibility index (Phi) is 5.25. The zero-order valence-electron chi connectivity index (χ0n) is 12.1. The van der Waals surface area contributed by atoms with Crippen LogP contribution in [0.5, 0.6) is 0 Å². The number of hydrogen-bond donors (Lipinski definition) is 1. The van der Waals surface area contributed by atoms with Crippen molar-refractivity contribution in [3.05, 3.63) is 12.2 Å². The molecule has 0 bridgehead atoms. The Balaban J connectivity index is 1.60. The number of hydrogen-bond acceptors (Lipinski definition) is 2. The van der Waals surface area contributed by atoms with E-state index < -0.39 is 0 Å². The summed E-state index contributed by atoms with van der Waals surface area (Å²) in [5, 5.41) is 3.49. The summed E-state index contributed by atoms with van der Waals surface area (Å²) in [6, 6.07) is 0.